The van der Waals surface area contributed by atoms with Crippen LogP contribution in [-0.4, -0.2) is 35.7 Å². The number of hydrogen-bond donors (Lipinski definition) is 3. The van der Waals surface area contributed by atoms with Gasteiger partial charge >= 0.3 is 5.97 Å². The number of phenolic OH excluding ortho intramolecular Hbond substituents is 1. The number of carbonyl (C=O) groups excluding carboxylic acids is 2. The summed E-state index contributed by atoms with van der Waals surface area (Å²) in [5, 5.41) is 11.9. The maximum absolute atomic E-state index is 11.8. The second-order valence-electron chi connectivity index (χ2n) is 4.84. The van der Waals surface area contributed by atoms with Gasteiger partial charge in [-0.15, -0.1) is 0 Å². The molecule has 0 spiro atoms. The van der Waals surface area contributed by atoms with Gasteiger partial charge in [0.05, 0.1) is 6.61 Å². The summed E-state index contributed by atoms with van der Waals surface area (Å²) in [5.74, 6) is -1.03. The average Bonchev–Trinajstić information content (AvgIpc) is 2.46. The number of aryl methyl sites for hydroxylation is 1. The van der Waals surface area contributed by atoms with E-state index in [1.807, 2.05) is 19.1 Å². The predicted molar refractivity (Wildman–Crippen MR) is 78.6 cm³/mol. The van der Waals surface area contributed by atoms with Crippen LogP contribution in [0.4, 0.5) is 0 Å². The Bertz CT molecular complexity index is 473. The second-order valence-corrected chi connectivity index (χ2v) is 4.84. The number of nitrogens with two attached hydrogens (primary N) is 1. The van der Waals surface area contributed by atoms with Gasteiger partial charge in [0.1, 0.15) is 5.75 Å². The Kier molecular flexibility index (Phi) is 6.68. The summed E-state index contributed by atoms with van der Waals surface area (Å²) in [4.78, 5) is 23.1. The van der Waals surface area contributed by atoms with Crippen molar-refractivity contribution in [2.75, 3.05) is 6.61 Å². The molecule has 1 rings (SSSR count). The molecule has 2 unspecified atom stereocenters. The fraction of sp³-hybridized carbons (Fsp3) is 0.467. The van der Waals surface area contributed by atoms with Gasteiger partial charge in [0.2, 0.25) is 5.91 Å². The van der Waals surface area contributed by atoms with E-state index in [4.69, 9.17) is 10.5 Å². The van der Waals surface area contributed by atoms with Crippen molar-refractivity contribution in [3.63, 3.8) is 0 Å². The monoisotopic (exact) mass is 294 g/mol. The van der Waals surface area contributed by atoms with Gasteiger partial charge in [-0.1, -0.05) is 12.1 Å². The molecule has 0 fully saturated rings. The molecule has 1 aromatic carbocycles. The highest BCUT2D eigenvalue weighted by Gasteiger charge is 2.24. The molecule has 6 heteroatoms. The normalized spacial score (nSPS) is 13.3. The van der Waals surface area contributed by atoms with Crippen molar-refractivity contribution in [1.82, 2.24) is 5.32 Å². The third-order valence-corrected chi connectivity index (χ3v) is 3.01. The van der Waals surface area contributed by atoms with Crippen LogP contribution >= 0.6 is 0 Å². The Balaban J connectivity index is 2.39. The Hall–Kier alpha value is -2.08. The van der Waals surface area contributed by atoms with Gasteiger partial charge in [-0.05, 0) is 44.4 Å². The Morgan fingerprint density at radius 3 is 2.52 bits per heavy atom. The zero-order chi connectivity index (χ0) is 15.8. The van der Waals surface area contributed by atoms with Crippen molar-refractivity contribution in [1.29, 1.82) is 0 Å². The van der Waals surface area contributed by atoms with Crippen molar-refractivity contribution < 1.29 is 19.4 Å². The van der Waals surface area contributed by atoms with E-state index in [0.29, 0.717) is 6.42 Å². The SMILES string of the molecule is CCOC(=O)C(N)C(=O)NC(C)CCc1ccc(O)cc1. The van der Waals surface area contributed by atoms with Gasteiger partial charge in [-0.3, -0.25) is 4.79 Å². The molecule has 0 aliphatic carbocycles. The number of phenols is 1. The molecule has 0 aromatic heterocycles. The lowest BCUT2D eigenvalue weighted by Crippen LogP contribution is -2.49. The molecule has 1 amide bonds. The molecule has 116 valence electrons. The minimum atomic E-state index is -1.29. The number of carbonyl (C=O) groups is 2. The van der Waals surface area contributed by atoms with E-state index in [1.165, 1.54) is 0 Å². The topological polar surface area (TPSA) is 102 Å². The summed E-state index contributed by atoms with van der Waals surface area (Å²) in [6, 6.07) is 5.49. The lowest BCUT2D eigenvalue weighted by Gasteiger charge is -2.16. The highest BCUT2D eigenvalue weighted by Crippen LogP contribution is 2.11. The number of rotatable bonds is 7. The molecule has 0 aliphatic heterocycles. The first-order valence-electron chi connectivity index (χ1n) is 6.94. The van der Waals surface area contributed by atoms with Crippen LogP contribution in [0, 0.1) is 0 Å². The molecule has 0 heterocycles. The molecule has 0 saturated carbocycles. The second kappa shape index (κ2) is 8.26. The zero-order valence-electron chi connectivity index (χ0n) is 12.3. The van der Waals surface area contributed by atoms with Crippen LogP contribution in [0.15, 0.2) is 24.3 Å². The molecule has 21 heavy (non-hydrogen) atoms. The van der Waals surface area contributed by atoms with Gasteiger partial charge in [-0.2, -0.15) is 0 Å². The van der Waals surface area contributed by atoms with Crippen LogP contribution in [0.3, 0.4) is 0 Å². The van der Waals surface area contributed by atoms with Crippen LogP contribution in [0.5, 0.6) is 5.75 Å². The molecule has 0 aliphatic rings. The van der Waals surface area contributed by atoms with Crippen LogP contribution in [-0.2, 0) is 20.7 Å². The minimum absolute atomic E-state index is 0.119. The summed E-state index contributed by atoms with van der Waals surface area (Å²) < 4.78 is 4.70. The highest BCUT2D eigenvalue weighted by molar-refractivity contribution is 6.01. The molecule has 1 aromatic rings. The maximum Gasteiger partial charge on any atom is 0.332 e. The van der Waals surface area contributed by atoms with E-state index in [1.54, 1.807) is 19.1 Å². The number of aromatic hydroxyl groups is 1. The van der Waals surface area contributed by atoms with Crippen LogP contribution in [0.1, 0.15) is 25.8 Å². The van der Waals surface area contributed by atoms with Gasteiger partial charge in [-0.25, -0.2) is 4.79 Å². The van der Waals surface area contributed by atoms with E-state index < -0.39 is 17.9 Å². The number of esters is 1. The molecule has 0 saturated heterocycles. The highest BCUT2D eigenvalue weighted by atomic mass is 16.5. The standard InChI is InChI=1S/C15H22N2O4/c1-3-21-15(20)13(16)14(19)17-10(2)4-5-11-6-8-12(18)9-7-11/h6-10,13,18H,3-5,16H2,1-2H3,(H,17,19). The third-order valence-electron chi connectivity index (χ3n) is 3.01. The van der Waals surface area contributed by atoms with Gasteiger partial charge in [0, 0.05) is 6.04 Å². The molecule has 6 nitrogen and oxygen atoms in total. The van der Waals surface area contributed by atoms with Crippen LogP contribution in [0.25, 0.3) is 0 Å². The first-order chi connectivity index (χ1) is 9.93. The number of benzene rings is 1. The Morgan fingerprint density at radius 1 is 1.33 bits per heavy atom. The van der Waals surface area contributed by atoms with Crippen LogP contribution in [0.2, 0.25) is 0 Å². The Labute approximate surface area is 124 Å². The van der Waals surface area contributed by atoms with Gasteiger partial charge < -0.3 is 20.9 Å². The quantitative estimate of drug-likeness (QED) is 0.508. The third kappa shape index (κ3) is 5.83. The van der Waals surface area contributed by atoms with Crippen molar-refractivity contribution in [3.8, 4) is 5.75 Å². The first-order valence-corrected chi connectivity index (χ1v) is 6.94. The summed E-state index contributed by atoms with van der Waals surface area (Å²) in [6.45, 7) is 3.69. The molecule has 2 atom stereocenters. The average molecular weight is 294 g/mol. The van der Waals surface area contributed by atoms with E-state index in [2.05, 4.69) is 5.32 Å². The van der Waals surface area contributed by atoms with E-state index in [9.17, 15) is 14.7 Å². The van der Waals surface area contributed by atoms with Gasteiger partial charge in [0.25, 0.3) is 0 Å². The molecule has 0 radical (unpaired) electrons. The first kappa shape index (κ1) is 17.0. The Morgan fingerprint density at radius 2 is 1.95 bits per heavy atom. The summed E-state index contributed by atoms with van der Waals surface area (Å²) in [6.07, 6.45) is 1.45. The zero-order valence-corrected chi connectivity index (χ0v) is 12.3. The summed E-state index contributed by atoms with van der Waals surface area (Å²) >= 11 is 0. The van der Waals surface area contributed by atoms with Crippen molar-refractivity contribution in [2.45, 2.75) is 38.8 Å². The summed E-state index contributed by atoms with van der Waals surface area (Å²) in [5.41, 5.74) is 6.56. The molecular formula is C15H22N2O4. The van der Waals surface area contributed by atoms with E-state index in [0.717, 1.165) is 12.0 Å². The van der Waals surface area contributed by atoms with Crippen molar-refractivity contribution in [2.24, 2.45) is 5.73 Å². The van der Waals surface area contributed by atoms with E-state index in [-0.39, 0.29) is 18.4 Å². The fourth-order valence-corrected chi connectivity index (χ4v) is 1.79. The van der Waals surface area contributed by atoms with Crippen LogP contribution < -0.4 is 11.1 Å². The van der Waals surface area contributed by atoms with Gasteiger partial charge in [0.15, 0.2) is 6.04 Å². The maximum atomic E-state index is 11.8. The number of nitrogens with one attached hydrogen (secondary N) is 1. The lowest BCUT2D eigenvalue weighted by molar-refractivity contribution is -0.148. The van der Waals surface area contributed by atoms with E-state index >= 15 is 0 Å². The fourth-order valence-electron chi connectivity index (χ4n) is 1.79. The lowest BCUT2D eigenvalue weighted by atomic mass is 10.1. The largest absolute Gasteiger partial charge is 0.508 e. The number of hydrogen-bond acceptors (Lipinski definition) is 5. The van der Waals surface area contributed by atoms with Crippen molar-refractivity contribution >= 4 is 11.9 Å². The molecule has 0 bridgehead atoms. The predicted octanol–water partition coefficient (Wildman–Crippen LogP) is 0.720. The minimum Gasteiger partial charge on any atom is -0.508 e. The summed E-state index contributed by atoms with van der Waals surface area (Å²) in [7, 11) is 0. The number of amides is 1. The smallest absolute Gasteiger partial charge is 0.332 e. The molecule has 4 N–H and O–H groups in total. The number of ether oxygens (including phenoxy) is 1. The van der Waals surface area contributed by atoms with Crippen molar-refractivity contribution in [3.05, 3.63) is 29.8 Å². The molecular weight excluding hydrogens is 272 g/mol.